The van der Waals surface area contributed by atoms with Crippen LogP contribution in [0.5, 0.6) is 0 Å². The summed E-state index contributed by atoms with van der Waals surface area (Å²) >= 11 is 0. The Morgan fingerprint density at radius 1 is 0.333 bits per heavy atom. The highest BCUT2D eigenvalue weighted by Crippen LogP contribution is 1.96. The molecule has 0 spiro atoms. The van der Waals surface area contributed by atoms with Gasteiger partial charge < -0.3 is 74.4 Å². The first-order chi connectivity index (χ1) is 21.6. The number of aliphatic hydroxyl groups is 9. The predicted octanol–water partition coefficient (Wildman–Crippen LogP) is -1.40. The second-order valence-corrected chi connectivity index (χ2v) is 10.4. The molecule has 0 aromatic heterocycles. The summed E-state index contributed by atoms with van der Waals surface area (Å²) in [6.07, 6.45) is 1.41. The second-order valence-electron chi connectivity index (χ2n) is 10.4. The Kier molecular flexibility index (Phi) is 42.9. The Hall–Kier alpha value is -0.600. The molecule has 0 amide bonds. The zero-order valence-electron chi connectivity index (χ0n) is 27.8. The van der Waals surface area contributed by atoms with Gasteiger partial charge in [0.2, 0.25) is 0 Å². The fourth-order valence-corrected chi connectivity index (χ4v) is 2.72. The summed E-state index contributed by atoms with van der Waals surface area (Å²) in [5, 5.41) is 80.5. The Morgan fingerprint density at radius 2 is 0.533 bits per heavy atom. The Bertz CT molecular complexity index is 536. The van der Waals surface area contributed by atoms with Crippen LogP contribution in [0.15, 0.2) is 0 Å². The van der Waals surface area contributed by atoms with Crippen molar-refractivity contribution in [2.75, 3.05) is 99.1 Å². The third-order valence-electron chi connectivity index (χ3n) is 5.35. The SMILES string of the molecule is CCCCOCC(O)CO.CCCCOCC(O)COCC(O)CO.CCCCOCC(O)COCC(O)COCC(O)CO. The van der Waals surface area contributed by atoms with Crippen molar-refractivity contribution in [3.05, 3.63) is 0 Å². The van der Waals surface area contributed by atoms with Gasteiger partial charge in [-0.1, -0.05) is 40.0 Å². The minimum Gasteiger partial charge on any atom is -0.394 e. The molecule has 0 aromatic carbocycles. The largest absolute Gasteiger partial charge is 0.394 e. The van der Waals surface area contributed by atoms with E-state index in [4.69, 9.17) is 59.1 Å². The van der Waals surface area contributed by atoms with Crippen LogP contribution in [0.2, 0.25) is 0 Å². The van der Waals surface area contributed by atoms with E-state index < -0.39 is 36.6 Å². The van der Waals surface area contributed by atoms with E-state index in [0.29, 0.717) is 19.8 Å². The highest BCUT2D eigenvalue weighted by molar-refractivity contribution is 4.57. The van der Waals surface area contributed by atoms with Crippen LogP contribution in [-0.2, 0) is 28.4 Å². The summed E-state index contributed by atoms with van der Waals surface area (Å²) in [6.45, 7) is 8.15. The van der Waals surface area contributed by atoms with Gasteiger partial charge in [0.15, 0.2) is 0 Å². The van der Waals surface area contributed by atoms with Crippen molar-refractivity contribution in [3.63, 3.8) is 0 Å². The molecule has 0 saturated heterocycles. The van der Waals surface area contributed by atoms with Gasteiger partial charge in [0.05, 0.1) is 79.3 Å². The van der Waals surface area contributed by atoms with Crippen molar-refractivity contribution in [1.29, 1.82) is 0 Å². The van der Waals surface area contributed by atoms with E-state index in [9.17, 15) is 15.3 Å². The number of hydrogen-bond donors (Lipinski definition) is 9. The molecule has 0 rings (SSSR count). The lowest BCUT2D eigenvalue weighted by Gasteiger charge is -2.15. The van der Waals surface area contributed by atoms with E-state index in [1.807, 2.05) is 0 Å². The predicted molar refractivity (Wildman–Crippen MR) is 167 cm³/mol. The van der Waals surface area contributed by atoms with Gasteiger partial charge in [-0.2, -0.15) is 0 Å². The highest BCUT2D eigenvalue weighted by Gasteiger charge is 2.10. The third kappa shape index (κ3) is 43.4. The molecule has 0 aliphatic heterocycles. The molecule has 276 valence electrons. The zero-order valence-corrected chi connectivity index (χ0v) is 27.8. The molecule has 0 saturated carbocycles. The fourth-order valence-electron chi connectivity index (χ4n) is 2.72. The van der Waals surface area contributed by atoms with Gasteiger partial charge in [0.25, 0.3) is 0 Å². The first kappa shape index (κ1) is 48.8. The molecule has 0 bridgehead atoms. The van der Waals surface area contributed by atoms with Crippen LogP contribution >= 0.6 is 0 Å². The van der Waals surface area contributed by atoms with Crippen LogP contribution < -0.4 is 0 Å². The van der Waals surface area contributed by atoms with Gasteiger partial charge in [-0.15, -0.1) is 0 Å². The molecule has 6 unspecified atom stereocenters. The average Bonchev–Trinajstić information content (AvgIpc) is 3.03. The van der Waals surface area contributed by atoms with Crippen LogP contribution in [0.3, 0.4) is 0 Å². The number of rotatable bonds is 30. The molecule has 15 heteroatoms. The highest BCUT2D eigenvalue weighted by atomic mass is 16.5. The smallest absolute Gasteiger partial charge is 0.101 e. The molecule has 0 fully saturated rings. The first-order valence-electron chi connectivity index (χ1n) is 16.0. The van der Waals surface area contributed by atoms with Gasteiger partial charge in [-0.25, -0.2) is 0 Å². The topological polar surface area (TPSA) is 237 Å². The van der Waals surface area contributed by atoms with E-state index in [1.54, 1.807) is 0 Å². The van der Waals surface area contributed by atoms with Crippen molar-refractivity contribution in [1.82, 2.24) is 0 Å². The summed E-state index contributed by atoms with van der Waals surface area (Å²) in [5.41, 5.74) is 0. The monoisotopic (exact) mass is 666 g/mol. The molecule has 0 aliphatic carbocycles. The zero-order chi connectivity index (χ0) is 34.6. The summed E-state index contributed by atoms with van der Waals surface area (Å²) in [7, 11) is 0. The summed E-state index contributed by atoms with van der Waals surface area (Å²) in [6, 6.07) is 0. The number of unbranched alkanes of at least 4 members (excludes halogenated alkanes) is 3. The second kappa shape index (κ2) is 39.6. The lowest BCUT2D eigenvalue weighted by Crippen LogP contribution is -2.29. The van der Waals surface area contributed by atoms with Crippen molar-refractivity contribution < 1.29 is 74.4 Å². The number of aliphatic hydroxyl groups excluding tert-OH is 9. The molecule has 45 heavy (non-hydrogen) atoms. The average molecular weight is 667 g/mol. The molecule has 0 aliphatic rings. The minimum absolute atomic E-state index is 0.000154. The lowest BCUT2D eigenvalue weighted by atomic mass is 10.3. The molecule has 15 nitrogen and oxygen atoms in total. The number of ether oxygens (including phenoxy) is 6. The van der Waals surface area contributed by atoms with Crippen molar-refractivity contribution >= 4 is 0 Å². The normalized spacial score (nSPS) is 15.2. The van der Waals surface area contributed by atoms with Crippen molar-refractivity contribution in [2.45, 2.75) is 95.9 Å². The Labute approximate surface area is 269 Å². The Balaban J connectivity index is -0.000000623. The summed E-state index contributed by atoms with van der Waals surface area (Å²) in [4.78, 5) is 0. The van der Waals surface area contributed by atoms with E-state index in [2.05, 4.69) is 20.8 Å². The first-order valence-corrected chi connectivity index (χ1v) is 16.0. The van der Waals surface area contributed by atoms with Crippen LogP contribution in [0, 0.1) is 0 Å². The van der Waals surface area contributed by atoms with Gasteiger partial charge in [-0.3, -0.25) is 0 Å². The standard InChI is InChI=1S/C13H28O7.C10H22O5.C7H16O3/c1-2-3-4-18-7-12(16)8-20-10-13(17)9-19-6-11(15)5-14;1-2-3-4-14-7-10(13)8-15-6-9(12)5-11;1-2-3-4-10-6-7(9)5-8/h11-17H,2-10H2,1H3;9-13H,2-8H2,1H3;7-9H,2-6H2,1H3. The van der Waals surface area contributed by atoms with Crippen LogP contribution in [0.25, 0.3) is 0 Å². The van der Waals surface area contributed by atoms with Crippen LogP contribution in [-0.4, -0.2) is 182 Å². The van der Waals surface area contributed by atoms with Crippen LogP contribution in [0.1, 0.15) is 59.3 Å². The molecule has 0 radical (unpaired) electrons. The van der Waals surface area contributed by atoms with Gasteiger partial charge in [0.1, 0.15) is 36.6 Å². The minimum atomic E-state index is -0.940. The van der Waals surface area contributed by atoms with Crippen molar-refractivity contribution in [3.8, 4) is 0 Å². The summed E-state index contributed by atoms with van der Waals surface area (Å²) < 4.78 is 30.5. The molecular weight excluding hydrogens is 600 g/mol. The van der Waals surface area contributed by atoms with E-state index in [-0.39, 0.29) is 79.3 Å². The quantitative estimate of drug-likeness (QED) is 0.0401. The molecule has 0 aromatic rings. The van der Waals surface area contributed by atoms with Gasteiger partial charge in [-0.05, 0) is 19.3 Å². The summed E-state index contributed by atoms with van der Waals surface area (Å²) in [5.74, 6) is 0. The fraction of sp³-hybridized carbons (Fsp3) is 1.00. The Morgan fingerprint density at radius 3 is 0.756 bits per heavy atom. The molecule has 9 N–H and O–H groups in total. The maximum atomic E-state index is 9.52. The van der Waals surface area contributed by atoms with E-state index >= 15 is 0 Å². The maximum Gasteiger partial charge on any atom is 0.101 e. The van der Waals surface area contributed by atoms with Gasteiger partial charge in [0, 0.05) is 19.8 Å². The third-order valence-corrected chi connectivity index (χ3v) is 5.35. The molecule has 6 atom stereocenters. The van der Waals surface area contributed by atoms with Crippen molar-refractivity contribution in [2.24, 2.45) is 0 Å². The van der Waals surface area contributed by atoms with E-state index in [1.165, 1.54) is 0 Å². The van der Waals surface area contributed by atoms with E-state index in [0.717, 1.165) is 38.5 Å². The maximum absolute atomic E-state index is 9.52. The molecule has 0 heterocycles. The molecular formula is C30H66O15. The van der Waals surface area contributed by atoms with Crippen LogP contribution in [0.4, 0.5) is 0 Å². The number of hydrogen-bond acceptors (Lipinski definition) is 15. The van der Waals surface area contributed by atoms with Gasteiger partial charge >= 0.3 is 0 Å². The lowest BCUT2D eigenvalue weighted by molar-refractivity contribution is -0.0675.